The maximum atomic E-state index is 5.95. The molecule has 0 amide bonds. The fraction of sp³-hybridized carbons (Fsp3) is 0.211. The molecule has 6 nitrogen and oxygen atoms in total. The summed E-state index contributed by atoms with van der Waals surface area (Å²) in [5, 5.41) is 10.9. The van der Waals surface area contributed by atoms with Gasteiger partial charge in [-0.25, -0.2) is 4.98 Å². The Bertz CT molecular complexity index is 858. The first kappa shape index (κ1) is 17.9. The third-order valence-electron chi connectivity index (χ3n) is 3.97. The van der Waals surface area contributed by atoms with Gasteiger partial charge in [0.2, 0.25) is 0 Å². The van der Waals surface area contributed by atoms with Gasteiger partial charge in [-0.05, 0) is 29.3 Å². The summed E-state index contributed by atoms with van der Waals surface area (Å²) >= 11 is 5.95. The first-order valence-corrected chi connectivity index (χ1v) is 8.64. The van der Waals surface area contributed by atoms with E-state index in [1.807, 2.05) is 43.4 Å². The number of aromatic amines is 1. The molecule has 26 heavy (non-hydrogen) atoms. The summed E-state index contributed by atoms with van der Waals surface area (Å²) in [5.41, 5.74) is 3.32. The van der Waals surface area contributed by atoms with Gasteiger partial charge in [0.05, 0.1) is 0 Å². The van der Waals surface area contributed by atoms with Crippen LogP contribution in [0.5, 0.6) is 0 Å². The number of rotatable bonds is 5. The molecule has 0 saturated carbocycles. The van der Waals surface area contributed by atoms with Gasteiger partial charge in [-0.2, -0.15) is 5.10 Å². The van der Waals surface area contributed by atoms with Crippen molar-refractivity contribution in [3.05, 3.63) is 71.0 Å². The van der Waals surface area contributed by atoms with E-state index in [1.165, 1.54) is 11.9 Å². The largest absolute Gasteiger partial charge is 0.352 e. The van der Waals surface area contributed by atoms with Crippen LogP contribution in [0.1, 0.15) is 11.1 Å². The normalized spacial score (nSPS) is 11.4. The summed E-state index contributed by atoms with van der Waals surface area (Å²) in [6, 6.07) is 16.0. The van der Waals surface area contributed by atoms with Crippen LogP contribution in [0.3, 0.4) is 0 Å². The van der Waals surface area contributed by atoms with Crippen molar-refractivity contribution in [2.75, 3.05) is 14.1 Å². The average molecular weight is 369 g/mol. The van der Waals surface area contributed by atoms with Crippen LogP contribution < -0.4 is 5.32 Å². The molecule has 134 valence electrons. The minimum atomic E-state index is 0.666. The van der Waals surface area contributed by atoms with Gasteiger partial charge in [-0.3, -0.25) is 10.1 Å². The van der Waals surface area contributed by atoms with Gasteiger partial charge in [-0.1, -0.05) is 41.9 Å². The van der Waals surface area contributed by atoms with E-state index < -0.39 is 0 Å². The van der Waals surface area contributed by atoms with E-state index in [2.05, 4.69) is 42.5 Å². The lowest BCUT2D eigenvalue weighted by atomic mass is 10.1. The van der Waals surface area contributed by atoms with Crippen molar-refractivity contribution in [3.8, 4) is 11.4 Å². The molecular formula is C19H21ClN6. The Morgan fingerprint density at radius 1 is 1.19 bits per heavy atom. The van der Waals surface area contributed by atoms with Gasteiger partial charge in [0, 0.05) is 37.8 Å². The van der Waals surface area contributed by atoms with E-state index in [4.69, 9.17) is 11.6 Å². The molecule has 1 heterocycles. The molecule has 0 radical (unpaired) electrons. The molecule has 0 spiro atoms. The number of aliphatic imine (C=N–C) groups is 1. The molecule has 1 aromatic heterocycles. The lowest BCUT2D eigenvalue weighted by Gasteiger charge is -2.22. The highest BCUT2D eigenvalue weighted by molar-refractivity contribution is 6.30. The van der Waals surface area contributed by atoms with Crippen molar-refractivity contribution in [1.82, 2.24) is 25.4 Å². The maximum absolute atomic E-state index is 5.95. The van der Waals surface area contributed by atoms with Crippen molar-refractivity contribution in [2.24, 2.45) is 4.99 Å². The Morgan fingerprint density at radius 3 is 2.69 bits per heavy atom. The van der Waals surface area contributed by atoms with E-state index in [0.29, 0.717) is 6.54 Å². The molecule has 0 atom stereocenters. The number of nitrogens with one attached hydrogen (secondary N) is 2. The molecule has 0 saturated heterocycles. The quantitative estimate of drug-likeness (QED) is 0.535. The summed E-state index contributed by atoms with van der Waals surface area (Å²) in [6.07, 6.45) is 1.51. The standard InChI is InChI=1S/C19H21ClN6/c1-21-19(26(2)12-14-6-8-17(20)9-7-14)22-11-15-4-3-5-16(10-15)18-23-13-24-25-18/h3-10,13H,11-12H2,1-2H3,(H,21,22)(H,23,24,25). The molecule has 3 rings (SSSR count). The first-order valence-electron chi connectivity index (χ1n) is 8.26. The fourth-order valence-electron chi connectivity index (χ4n) is 2.68. The van der Waals surface area contributed by atoms with Gasteiger partial charge >= 0.3 is 0 Å². The lowest BCUT2D eigenvalue weighted by molar-refractivity contribution is 0.476. The Hall–Kier alpha value is -2.86. The number of halogens is 1. The minimum Gasteiger partial charge on any atom is -0.352 e. The van der Waals surface area contributed by atoms with Crippen LogP contribution in [-0.4, -0.2) is 40.1 Å². The summed E-state index contributed by atoms with van der Waals surface area (Å²) in [4.78, 5) is 10.6. The zero-order chi connectivity index (χ0) is 18.4. The molecule has 3 aromatic rings. The third kappa shape index (κ3) is 4.61. The zero-order valence-corrected chi connectivity index (χ0v) is 15.5. The Balaban J connectivity index is 1.62. The summed E-state index contributed by atoms with van der Waals surface area (Å²) in [7, 11) is 3.79. The van der Waals surface area contributed by atoms with Crippen LogP contribution in [0, 0.1) is 0 Å². The summed E-state index contributed by atoms with van der Waals surface area (Å²) in [5.74, 6) is 1.58. The van der Waals surface area contributed by atoms with Crippen LogP contribution in [0.4, 0.5) is 0 Å². The number of hydrogen-bond acceptors (Lipinski definition) is 3. The third-order valence-corrected chi connectivity index (χ3v) is 4.22. The predicted molar refractivity (Wildman–Crippen MR) is 105 cm³/mol. The Kier molecular flexibility index (Phi) is 5.86. The monoisotopic (exact) mass is 368 g/mol. The number of nitrogens with zero attached hydrogens (tertiary/aromatic N) is 4. The van der Waals surface area contributed by atoms with Crippen LogP contribution in [0.2, 0.25) is 5.02 Å². The number of hydrogen-bond donors (Lipinski definition) is 2. The fourth-order valence-corrected chi connectivity index (χ4v) is 2.80. The number of aromatic nitrogens is 3. The zero-order valence-electron chi connectivity index (χ0n) is 14.8. The number of benzene rings is 2. The van der Waals surface area contributed by atoms with Gasteiger partial charge < -0.3 is 10.2 Å². The summed E-state index contributed by atoms with van der Waals surface area (Å²) < 4.78 is 0. The van der Waals surface area contributed by atoms with Gasteiger partial charge in [0.15, 0.2) is 11.8 Å². The molecule has 0 bridgehead atoms. The number of guanidine groups is 1. The van der Waals surface area contributed by atoms with E-state index in [0.717, 1.165) is 34.5 Å². The van der Waals surface area contributed by atoms with Crippen LogP contribution >= 0.6 is 11.6 Å². The van der Waals surface area contributed by atoms with Gasteiger partial charge in [0.25, 0.3) is 0 Å². The van der Waals surface area contributed by atoms with Crippen molar-refractivity contribution in [1.29, 1.82) is 0 Å². The summed E-state index contributed by atoms with van der Waals surface area (Å²) in [6.45, 7) is 1.41. The van der Waals surface area contributed by atoms with Crippen molar-refractivity contribution >= 4 is 17.6 Å². The molecule has 2 N–H and O–H groups in total. The van der Waals surface area contributed by atoms with Crippen LogP contribution in [0.25, 0.3) is 11.4 Å². The van der Waals surface area contributed by atoms with Crippen LogP contribution in [0.15, 0.2) is 59.9 Å². The first-order chi connectivity index (χ1) is 12.7. The molecule has 0 aliphatic heterocycles. The van der Waals surface area contributed by atoms with E-state index in [1.54, 1.807) is 7.05 Å². The van der Waals surface area contributed by atoms with Crippen molar-refractivity contribution < 1.29 is 0 Å². The smallest absolute Gasteiger partial charge is 0.193 e. The van der Waals surface area contributed by atoms with E-state index in [9.17, 15) is 0 Å². The lowest BCUT2D eigenvalue weighted by Crippen LogP contribution is -2.38. The molecule has 0 aliphatic carbocycles. The Labute approximate surface area is 157 Å². The SMILES string of the molecule is CN=C(NCc1cccc(-c2ncn[nH]2)c1)N(C)Cc1ccc(Cl)cc1. The van der Waals surface area contributed by atoms with Crippen molar-refractivity contribution in [2.45, 2.75) is 13.1 Å². The second-order valence-corrected chi connectivity index (χ2v) is 6.35. The molecule has 7 heteroatoms. The van der Waals surface area contributed by atoms with Gasteiger partial charge in [-0.15, -0.1) is 0 Å². The predicted octanol–water partition coefficient (Wildman–Crippen LogP) is 3.33. The molecule has 2 aromatic carbocycles. The van der Waals surface area contributed by atoms with Crippen molar-refractivity contribution in [3.63, 3.8) is 0 Å². The topological polar surface area (TPSA) is 69.2 Å². The highest BCUT2D eigenvalue weighted by Gasteiger charge is 2.08. The highest BCUT2D eigenvalue weighted by Crippen LogP contribution is 2.15. The molecule has 0 aliphatic rings. The average Bonchev–Trinajstić information content (AvgIpc) is 3.19. The van der Waals surface area contributed by atoms with E-state index in [-0.39, 0.29) is 0 Å². The Morgan fingerprint density at radius 2 is 2.00 bits per heavy atom. The molecule has 0 fully saturated rings. The maximum Gasteiger partial charge on any atom is 0.193 e. The van der Waals surface area contributed by atoms with Gasteiger partial charge in [0.1, 0.15) is 6.33 Å². The van der Waals surface area contributed by atoms with E-state index >= 15 is 0 Å². The second-order valence-electron chi connectivity index (χ2n) is 5.92. The second kappa shape index (κ2) is 8.49. The molecule has 0 unspecified atom stereocenters. The van der Waals surface area contributed by atoms with Crippen LogP contribution in [-0.2, 0) is 13.1 Å². The minimum absolute atomic E-state index is 0.666. The molecular weight excluding hydrogens is 348 g/mol. The highest BCUT2D eigenvalue weighted by atomic mass is 35.5. The number of H-pyrrole nitrogens is 1.